The summed E-state index contributed by atoms with van der Waals surface area (Å²) in [5.41, 5.74) is 0. The predicted molar refractivity (Wildman–Crippen MR) is 41.2 cm³/mol. The number of halogens is 1. The molecule has 0 spiro atoms. The number of hydrogen-bond acceptors (Lipinski definition) is 2. The van der Waals surface area contributed by atoms with Crippen molar-refractivity contribution in [2.75, 3.05) is 0 Å². The highest BCUT2D eigenvalue weighted by atomic mass is 127. The zero-order valence-corrected chi connectivity index (χ0v) is 8.09. The molecule has 0 amide bonds. The molecule has 6 heteroatoms. The van der Waals surface area contributed by atoms with Gasteiger partial charge < -0.3 is 9.79 Å². The molecule has 0 radical (unpaired) electrons. The lowest BCUT2D eigenvalue weighted by Gasteiger charge is -2.16. The standard InChI is InChI=1S/C3H8IO4P/c1-3(2,4)8-9(5,6)7/h1-2H3,(H2,5,6,7). The maximum absolute atomic E-state index is 10.1. The van der Waals surface area contributed by atoms with Crippen LogP contribution in [-0.2, 0) is 9.09 Å². The van der Waals surface area contributed by atoms with Gasteiger partial charge in [0.25, 0.3) is 0 Å². The number of phosphoric acid groups is 1. The van der Waals surface area contributed by atoms with Gasteiger partial charge in [0.1, 0.15) is 3.61 Å². The first kappa shape index (κ1) is 9.84. The van der Waals surface area contributed by atoms with Gasteiger partial charge in [0.05, 0.1) is 0 Å². The third kappa shape index (κ3) is 8.84. The molecule has 0 aromatic carbocycles. The molecular formula is C3H8IO4P. The van der Waals surface area contributed by atoms with E-state index in [1.807, 2.05) is 0 Å². The molecule has 0 saturated heterocycles. The first-order chi connectivity index (χ1) is 3.71. The van der Waals surface area contributed by atoms with E-state index >= 15 is 0 Å². The second-order valence-corrected chi connectivity index (χ2v) is 5.71. The SMILES string of the molecule is CC(C)(I)OP(=O)(O)O. The molecule has 0 aromatic heterocycles. The van der Waals surface area contributed by atoms with Gasteiger partial charge in [-0.3, -0.25) is 4.52 Å². The van der Waals surface area contributed by atoms with Crippen LogP contribution in [0.1, 0.15) is 13.8 Å². The fraction of sp³-hybridized carbons (Fsp3) is 1.00. The summed E-state index contributed by atoms with van der Waals surface area (Å²) < 4.78 is 13.6. The molecule has 0 aliphatic rings. The second kappa shape index (κ2) is 2.84. The van der Waals surface area contributed by atoms with Crippen molar-refractivity contribution in [2.24, 2.45) is 0 Å². The van der Waals surface area contributed by atoms with Crippen molar-refractivity contribution >= 4 is 30.4 Å². The Bertz CT molecular complexity index is 133. The van der Waals surface area contributed by atoms with Crippen LogP contribution in [0.25, 0.3) is 0 Å². The number of rotatable bonds is 2. The summed E-state index contributed by atoms with van der Waals surface area (Å²) in [7, 11) is -4.29. The topological polar surface area (TPSA) is 66.8 Å². The van der Waals surface area contributed by atoms with Crippen LogP contribution in [-0.4, -0.2) is 13.4 Å². The van der Waals surface area contributed by atoms with Crippen LogP contribution < -0.4 is 0 Å². The van der Waals surface area contributed by atoms with E-state index in [2.05, 4.69) is 4.52 Å². The molecule has 56 valence electrons. The molecule has 0 atom stereocenters. The van der Waals surface area contributed by atoms with Gasteiger partial charge in [0, 0.05) is 0 Å². The lowest BCUT2D eigenvalue weighted by Crippen LogP contribution is -2.12. The predicted octanol–water partition coefficient (Wildman–Crippen LogP) is 1.27. The summed E-state index contributed by atoms with van der Waals surface area (Å²) in [5.74, 6) is 0. The van der Waals surface area contributed by atoms with Crippen molar-refractivity contribution in [3.8, 4) is 0 Å². The molecule has 0 aliphatic carbocycles. The molecule has 0 bridgehead atoms. The first-order valence-electron chi connectivity index (χ1n) is 2.16. The van der Waals surface area contributed by atoms with Crippen molar-refractivity contribution in [3.63, 3.8) is 0 Å². The van der Waals surface area contributed by atoms with Gasteiger partial charge in [-0.05, 0) is 36.4 Å². The minimum atomic E-state index is -4.29. The van der Waals surface area contributed by atoms with E-state index in [0.717, 1.165) is 0 Å². The van der Waals surface area contributed by atoms with E-state index in [0.29, 0.717) is 0 Å². The summed E-state index contributed by atoms with van der Waals surface area (Å²) in [6.45, 7) is 3.12. The van der Waals surface area contributed by atoms with Gasteiger partial charge in [0.2, 0.25) is 0 Å². The van der Waals surface area contributed by atoms with Crippen LogP contribution in [0.15, 0.2) is 0 Å². The zero-order chi connectivity index (χ0) is 7.71. The van der Waals surface area contributed by atoms with Gasteiger partial charge >= 0.3 is 7.82 Å². The summed E-state index contributed by atoms with van der Waals surface area (Å²) in [6, 6.07) is 0. The van der Waals surface area contributed by atoms with Crippen molar-refractivity contribution in [1.82, 2.24) is 0 Å². The lowest BCUT2D eigenvalue weighted by atomic mass is 10.5. The number of phosphoric ester groups is 1. The summed E-state index contributed by atoms with van der Waals surface area (Å²) in [4.78, 5) is 16.5. The van der Waals surface area contributed by atoms with Gasteiger partial charge in [0.15, 0.2) is 0 Å². The Kier molecular flexibility index (Phi) is 3.10. The quantitative estimate of drug-likeness (QED) is 0.448. The van der Waals surface area contributed by atoms with Crippen LogP contribution >= 0.6 is 30.4 Å². The summed E-state index contributed by atoms with van der Waals surface area (Å²) >= 11 is 1.79. The van der Waals surface area contributed by atoms with Crippen LogP contribution in [0.4, 0.5) is 0 Å². The second-order valence-electron chi connectivity index (χ2n) is 1.95. The Morgan fingerprint density at radius 3 is 1.89 bits per heavy atom. The zero-order valence-electron chi connectivity index (χ0n) is 5.04. The highest BCUT2D eigenvalue weighted by molar-refractivity contribution is 14.1. The normalized spacial score (nSPS) is 13.9. The van der Waals surface area contributed by atoms with E-state index in [4.69, 9.17) is 9.79 Å². The van der Waals surface area contributed by atoms with Gasteiger partial charge in [-0.1, -0.05) is 0 Å². The smallest absolute Gasteiger partial charge is 0.303 e. The highest BCUT2D eigenvalue weighted by Gasteiger charge is 2.25. The van der Waals surface area contributed by atoms with Gasteiger partial charge in [-0.15, -0.1) is 0 Å². The van der Waals surface area contributed by atoms with Crippen molar-refractivity contribution < 1.29 is 18.9 Å². The molecule has 0 aliphatic heterocycles. The third-order valence-corrected chi connectivity index (χ3v) is 1.60. The number of alkyl halides is 1. The van der Waals surface area contributed by atoms with E-state index in [1.165, 1.54) is 0 Å². The fourth-order valence-corrected chi connectivity index (χ4v) is 1.62. The molecule has 2 N–H and O–H groups in total. The Balaban J connectivity index is 3.90. The number of hydrogen-bond donors (Lipinski definition) is 2. The molecule has 0 saturated carbocycles. The van der Waals surface area contributed by atoms with E-state index in [9.17, 15) is 4.57 Å². The summed E-state index contributed by atoms with van der Waals surface area (Å²) in [6.07, 6.45) is 0. The molecular weight excluding hydrogens is 258 g/mol. The maximum Gasteiger partial charge on any atom is 0.470 e. The Morgan fingerprint density at radius 2 is 1.89 bits per heavy atom. The van der Waals surface area contributed by atoms with E-state index < -0.39 is 11.4 Å². The molecule has 0 rings (SSSR count). The monoisotopic (exact) mass is 266 g/mol. The lowest BCUT2D eigenvalue weighted by molar-refractivity contribution is 0.145. The minimum Gasteiger partial charge on any atom is -0.303 e. The Hall–Kier alpha value is 0.840. The van der Waals surface area contributed by atoms with E-state index in [-0.39, 0.29) is 0 Å². The highest BCUT2D eigenvalue weighted by Crippen LogP contribution is 2.43. The average Bonchev–Trinajstić information content (AvgIpc) is 1.14. The molecule has 0 heterocycles. The van der Waals surface area contributed by atoms with Crippen LogP contribution in [0.3, 0.4) is 0 Å². The molecule has 4 nitrogen and oxygen atoms in total. The Morgan fingerprint density at radius 1 is 1.56 bits per heavy atom. The van der Waals surface area contributed by atoms with Crippen LogP contribution in [0.5, 0.6) is 0 Å². The third-order valence-electron chi connectivity index (χ3n) is 0.336. The Labute approximate surface area is 67.0 Å². The average molecular weight is 266 g/mol. The largest absolute Gasteiger partial charge is 0.470 e. The van der Waals surface area contributed by atoms with Crippen molar-refractivity contribution in [3.05, 3.63) is 0 Å². The molecule has 0 aromatic rings. The van der Waals surface area contributed by atoms with Crippen LogP contribution in [0.2, 0.25) is 0 Å². The fourth-order valence-electron chi connectivity index (χ4n) is 0.283. The van der Waals surface area contributed by atoms with Crippen molar-refractivity contribution in [1.29, 1.82) is 0 Å². The van der Waals surface area contributed by atoms with Gasteiger partial charge in [-0.2, -0.15) is 0 Å². The maximum atomic E-state index is 10.1. The molecule has 0 fully saturated rings. The van der Waals surface area contributed by atoms with Crippen molar-refractivity contribution in [2.45, 2.75) is 17.5 Å². The molecule has 9 heavy (non-hydrogen) atoms. The van der Waals surface area contributed by atoms with E-state index in [1.54, 1.807) is 36.4 Å². The first-order valence-corrected chi connectivity index (χ1v) is 4.77. The summed E-state index contributed by atoms with van der Waals surface area (Å²) in [5, 5.41) is 0. The minimum absolute atomic E-state index is 0.809. The van der Waals surface area contributed by atoms with Gasteiger partial charge in [-0.25, -0.2) is 4.57 Å². The molecule has 0 unspecified atom stereocenters. The van der Waals surface area contributed by atoms with Crippen LogP contribution in [0, 0.1) is 0 Å².